The average molecular weight is 389 g/mol. The zero-order valence-corrected chi connectivity index (χ0v) is 16.4. The minimum atomic E-state index is 0. The molecule has 3 rings (SSSR count). The molecule has 0 saturated carbocycles. The van der Waals surface area contributed by atoms with Crippen molar-refractivity contribution < 1.29 is 18.9 Å². The molecule has 0 spiro atoms. The lowest BCUT2D eigenvalue weighted by atomic mass is 10.1. The van der Waals surface area contributed by atoms with E-state index < -0.39 is 0 Å². The molecule has 0 N–H and O–H groups in total. The Morgan fingerprint density at radius 3 is 1.37 bits per heavy atom. The van der Waals surface area contributed by atoms with E-state index in [1.807, 2.05) is 36.4 Å². The predicted molar refractivity (Wildman–Crippen MR) is 106 cm³/mol. The van der Waals surface area contributed by atoms with E-state index >= 15 is 0 Å². The van der Waals surface area contributed by atoms with Crippen LogP contribution in [-0.4, -0.2) is 38.4 Å². The number of nitrogens with zero attached hydrogens (tertiary/aromatic N) is 2. The molecule has 0 saturated heterocycles. The van der Waals surface area contributed by atoms with Gasteiger partial charge in [0.2, 0.25) is 0 Å². The van der Waals surface area contributed by atoms with Gasteiger partial charge in [0.15, 0.2) is 23.0 Å². The Balaban J connectivity index is 0.00000261. The Labute approximate surface area is 164 Å². The summed E-state index contributed by atoms with van der Waals surface area (Å²) in [5.41, 5.74) is 3.24. The van der Waals surface area contributed by atoms with Gasteiger partial charge in [0, 0.05) is 11.1 Å². The number of methoxy groups -OCH3 is 4. The molecular weight excluding hydrogens is 368 g/mol. The average Bonchev–Trinajstić information content (AvgIpc) is 2.72. The molecule has 1 aromatic heterocycles. The number of benzene rings is 2. The van der Waals surface area contributed by atoms with Gasteiger partial charge in [-0.25, -0.2) is 4.98 Å². The largest absolute Gasteiger partial charge is 0.493 e. The van der Waals surface area contributed by atoms with Crippen molar-refractivity contribution >= 4 is 12.4 Å². The minimum Gasteiger partial charge on any atom is -0.493 e. The van der Waals surface area contributed by atoms with Crippen LogP contribution in [0.2, 0.25) is 0 Å². The molecule has 0 amide bonds. The highest BCUT2D eigenvalue weighted by Gasteiger charge is 2.11. The molecule has 0 unspecified atom stereocenters. The maximum Gasteiger partial charge on any atom is 0.161 e. The summed E-state index contributed by atoms with van der Waals surface area (Å²) in [6.45, 7) is 0. The first kappa shape index (κ1) is 20.3. The monoisotopic (exact) mass is 388 g/mol. The number of ether oxygens (including phenoxy) is 4. The van der Waals surface area contributed by atoms with Crippen molar-refractivity contribution in [3.05, 3.63) is 48.8 Å². The molecule has 142 valence electrons. The molecule has 0 atom stereocenters. The lowest BCUT2D eigenvalue weighted by Crippen LogP contribution is -1.94. The fraction of sp³-hybridized carbons (Fsp3) is 0.200. The lowest BCUT2D eigenvalue weighted by Gasteiger charge is -2.11. The van der Waals surface area contributed by atoms with Crippen LogP contribution in [0.1, 0.15) is 0 Å². The van der Waals surface area contributed by atoms with Gasteiger partial charge in [-0.1, -0.05) is 0 Å². The number of rotatable bonds is 6. The third-order valence-corrected chi connectivity index (χ3v) is 3.99. The quantitative estimate of drug-likeness (QED) is 0.628. The number of hydrogen-bond donors (Lipinski definition) is 0. The molecule has 0 aliphatic rings. The van der Waals surface area contributed by atoms with Crippen molar-refractivity contribution in [2.45, 2.75) is 0 Å². The Bertz CT molecular complexity index is 847. The second kappa shape index (κ2) is 9.09. The summed E-state index contributed by atoms with van der Waals surface area (Å²) >= 11 is 0. The van der Waals surface area contributed by atoms with Crippen LogP contribution in [0.3, 0.4) is 0 Å². The highest BCUT2D eigenvalue weighted by molar-refractivity contribution is 5.85. The maximum atomic E-state index is 5.37. The molecule has 0 bridgehead atoms. The molecule has 6 nitrogen and oxygen atoms in total. The smallest absolute Gasteiger partial charge is 0.161 e. The van der Waals surface area contributed by atoms with E-state index in [9.17, 15) is 0 Å². The fourth-order valence-electron chi connectivity index (χ4n) is 2.64. The summed E-state index contributed by atoms with van der Waals surface area (Å²) < 4.78 is 21.3. The molecule has 3 aromatic rings. The summed E-state index contributed by atoms with van der Waals surface area (Å²) in [4.78, 5) is 9.05. The number of halogens is 1. The van der Waals surface area contributed by atoms with Gasteiger partial charge in [0.05, 0.1) is 52.2 Å². The van der Waals surface area contributed by atoms with Crippen molar-refractivity contribution in [3.8, 4) is 45.5 Å². The van der Waals surface area contributed by atoms with Gasteiger partial charge in [-0.15, -0.1) is 12.4 Å². The Hall–Kier alpha value is -2.99. The van der Waals surface area contributed by atoms with Crippen molar-refractivity contribution in [1.82, 2.24) is 9.97 Å². The summed E-state index contributed by atoms with van der Waals surface area (Å²) in [7, 11) is 6.42. The van der Waals surface area contributed by atoms with Crippen LogP contribution in [-0.2, 0) is 0 Å². The minimum absolute atomic E-state index is 0. The summed E-state index contributed by atoms with van der Waals surface area (Å²) in [6, 6.07) is 11.3. The van der Waals surface area contributed by atoms with Crippen molar-refractivity contribution in [2.75, 3.05) is 28.4 Å². The third-order valence-electron chi connectivity index (χ3n) is 3.99. The van der Waals surface area contributed by atoms with Crippen LogP contribution in [0.5, 0.6) is 23.0 Å². The molecular formula is C20H21ClN2O4. The van der Waals surface area contributed by atoms with Gasteiger partial charge in [-0.05, 0) is 36.4 Å². The Morgan fingerprint density at radius 1 is 0.593 bits per heavy atom. The van der Waals surface area contributed by atoms with Crippen LogP contribution in [0, 0.1) is 0 Å². The molecule has 0 radical (unpaired) electrons. The van der Waals surface area contributed by atoms with E-state index in [0.717, 1.165) is 22.5 Å². The van der Waals surface area contributed by atoms with Crippen LogP contribution in [0.25, 0.3) is 22.5 Å². The van der Waals surface area contributed by atoms with Crippen molar-refractivity contribution in [1.29, 1.82) is 0 Å². The maximum absolute atomic E-state index is 5.37. The van der Waals surface area contributed by atoms with Gasteiger partial charge < -0.3 is 18.9 Å². The first-order valence-electron chi connectivity index (χ1n) is 7.97. The van der Waals surface area contributed by atoms with E-state index in [0.29, 0.717) is 23.0 Å². The van der Waals surface area contributed by atoms with Crippen molar-refractivity contribution in [3.63, 3.8) is 0 Å². The van der Waals surface area contributed by atoms with Gasteiger partial charge >= 0.3 is 0 Å². The number of aromatic nitrogens is 2. The van der Waals surface area contributed by atoms with Crippen LogP contribution >= 0.6 is 12.4 Å². The zero-order chi connectivity index (χ0) is 18.5. The summed E-state index contributed by atoms with van der Waals surface area (Å²) in [5, 5.41) is 0. The van der Waals surface area contributed by atoms with Crippen LogP contribution in [0.15, 0.2) is 48.8 Å². The molecule has 27 heavy (non-hydrogen) atoms. The first-order valence-corrected chi connectivity index (χ1v) is 7.97. The first-order chi connectivity index (χ1) is 12.7. The zero-order valence-electron chi connectivity index (χ0n) is 15.6. The van der Waals surface area contributed by atoms with E-state index in [4.69, 9.17) is 23.9 Å². The van der Waals surface area contributed by atoms with Gasteiger partial charge in [-0.3, -0.25) is 4.98 Å². The normalized spacial score (nSPS) is 9.93. The van der Waals surface area contributed by atoms with Crippen molar-refractivity contribution in [2.24, 2.45) is 0 Å². The molecule has 0 fully saturated rings. The topological polar surface area (TPSA) is 62.7 Å². The highest BCUT2D eigenvalue weighted by atomic mass is 35.5. The van der Waals surface area contributed by atoms with Gasteiger partial charge in [0.25, 0.3) is 0 Å². The van der Waals surface area contributed by atoms with E-state index in [1.54, 1.807) is 40.8 Å². The van der Waals surface area contributed by atoms with Gasteiger partial charge in [0.1, 0.15) is 0 Å². The Morgan fingerprint density at radius 2 is 1.00 bits per heavy atom. The molecule has 0 aliphatic carbocycles. The Kier molecular flexibility index (Phi) is 6.85. The molecule has 0 aliphatic heterocycles. The van der Waals surface area contributed by atoms with Crippen LogP contribution < -0.4 is 18.9 Å². The summed E-state index contributed by atoms with van der Waals surface area (Å²) in [6.07, 6.45) is 3.43. The standard InChI is InChI=1S/C20H20N2O4.ClH/c1-23-17-7-5-13(9-19(17)25-3)15-11-21-12-16(22-15)14-6-8-18(24-2)20(10-14)26-4;/h5-12H,1-4H3;1H. The second-order valence-corrected chi connectivity index (χ2v) is 5.43. The van der Waals surface area contributed by atoms with Crippen LogP contribution in [0.4, 0.5) is 0 Å². The lowest BCUT2D eigenvalue weighted by molar-refractivity contribution is 0.355. The molecule has 1 heterocycles. The van der Waals surface area contributed by atoms with Gasteiger partial charge in [-0.2, -0.15) is 0 Å². The van der Waals surface area contributed by atoms with E-state index in [2.05, 4.69) is 4.98 Å². The highest BCUT2D eigenvalue weighted by Crippen LogP contribution is 2.34. The second-order valence-electron chi connectivity index (χ2n) is 5.43. The third kappa shape index (κ3) is 4.23. The predicted octanol–water partition coefficient (Wildman–Crippen LogP) is 4.27. The van der Waals surface area contributed by atoms with E-state index in [-0.39, 0.29) is 12.4 Å². The SMILES string of the molecule is COc1ccc(-c2cncc(-c3ccc(OC)c(OC)c3)n2)cc1OC.Cl. The fourth-order valence-corrected chi connectivity index (χ4v) is 2.64. The molecule has 2 aromatic carbocycles. The summed E-state index contributed by atoms with van der Waals surface area (Å²) in [5.74, 6) is 2.62. The molecule has 7 heteroatoms. The van der Waals surface area contributed by atoms with E-state index in [1.165, 1.54) is 0 Å². The number of hydrogen-bond acceptors (Lipinski definition) is 6.